The van der Waals surface area contributed by atoms with Gasteiger partial charge in [-0.15, -0.1) is 0 Å². The minimum atomic E-state index is -2.44. The molecule has 3 rings (SSSR count). The fourth-order valence-corrected chi connectivity index (χ4v) is 2.97. The summed E-state index contributed by atoms with van der Waals surface area (Å²) >= 11 is 0. The van der Waals surface area contributed by atoms with Crippen LogP contribution in [0.25, 0.3) is 0 Å². The van der Waals surface area contributed by atoms with Crippen LogP contribution >= 0.6 is 0 Å². The molecule has 0 bridgehead atoms. The fourth-order valence-electron chi connectivity index (χ4n) is 2.97. The molecular formula is C17H23F2N5O. The van der Waals surface area contributed by atoms with Crippen LogP contribution in [0.15, 0.2) is 24.5 Å². The Kier molecular flexibility index (Phi) is 5.78. The van der Waals surface area contributed by atoms with E-state index in [0.29, 0.717) is 30.2 Å². The Morgan fingerprint density at radius 1 is 1.28 bits per heavy atom. The highest BCUT2D eigenvalue weighted by molar-refractivity contribution is 5.46. The average molecular weight is 351 g/mol. The van der Waals surface area contributed by atoms with Gasteiger partial charge < -0.3 is 10.1 Å². The summed E-state index contributed by atoms with van der Waals surface area (Å²) in [7, 11) is 0. The molecule has 1 N–H and O–H groups in total. The van der Waals surface area contributed by atoms with Gasteiger partial charge in [0, 0.05) is 24.5 Å². The van der Waals surface area contributed by atoms with Crippen molar-refractivity contribution in [3.8, 4) is 5.88 Å². The zero-order valence-corrected chi connectivity index (χ0v) is 14.2. The first-order valence-corrected chi connectivity index (χ1v) is 8.63. The van der Waals surface area contributed by atoms with Crippen molar-refractivity contribution in [3.05, 3.63) is 24.5 Å². The summed E-state index contributed by atoms with van der Waals surface area (Å²) < 4.78 is 31.7. The van der Waals surface area contributed by atoms with E-state index in [0.717, 1.165) is 5.92 Å². The molecule has 0 amide bonds. The first-order valence-electron chi connectivity index (χ1n) is 8.63. The molecule has 8 heteroatoms. The Morgan fingerprint density at radius 2 is 2.08 bits per heavy atom. The Balaban J connectivity index is 1.53. The van der Waals surface area contributed by atoms with Gasteiger partial charge in [-0.3, -0.25) is 4.68 Å². The third-order valence-electron chi connectivity index (χ3n) is 4.44. The first-order chi connectivity index (χ1) is 12.1. The number of hydrogen-bond donors (Lipinski definition) is 1. The van der Waals surface area contributed by atoms with Crippen LogP contribution in [-0.4, -0.2) is 32.8 Å². The predicted octanol–water partition coefficient (Wildman–Crippen LogP) is 3.89. The number of ether oxygens (including phenoxy) is 1. The Hall–Kier alpha value is -2.25. The van der Waals surface area contributed by atoms with E-state index in [4.69, 9.17) is 4.74 Å². The molecular weight excluding hydrogens is 328 g/mol. The zero-order chi connectivity index (χ0) is 17.6. The largest absolute Gasteiger partial charge is 0.477 e. The van der Waals surface area contributed by atoms with Gasteiger partial charge in [0.05, 0.1) is 6.61 Å². The van der Waals surface area contributed by atoms with E-state index in [2.05, 4.69) is 27.3 Å². The predicted molar refractivity (Wildman–Crippen MR) is 90.2 cm³/mol. The van der Waals surface area contributed by atoms with E-state index >= 15 is 0 Å². The number of anilines is 2. The third kappa shape index (κ3) is 5.37. The molecule has 0 aromatic carbocycles. The zero-order valence-electron chi connectivity index (χ0n) is 14.2. The van der Waals surface area contributed by atoms with Crippen LogP contribution in [0.1, 0.15) is 32.6 Å². The Bertz CT molecular complexity index is 671. The van der Waals surface area contributed by atoms with Gasteiger partial charge in [-0.05, 0) is 24.7 Å². The molecule has 1 saturated carbocycles. The number of rotatable bonds is 7. The quantitative estimate of drug-likeness (QED) is 0.820. The first kappa shape index (κ1) is 17.6. The van der Waals surface area contributed by atoms with E-state index in [9.17, 15) is 8.78 Å². The Labute approximate surface area is 145 Å². The average Bonchev–Trinajstić information content (AvgIpc) is 3.01. The van der Waals surface area contributed by atoms with Gasteiger partial charge in [0.2, 0.25) is 11.8 Å². The van der Waals surface area contributed by atoms with Gasteiger partial charge in [-0.2, -0.15) is 10.1 Å². The van der Waals surface area contributed by atoms with Crippen LogP contribution in [0.3, 0.4) is 0 Å². The standard InChI is InChI=1S/C17H23F2N5O/c1-12-2-4-13(5-3-12)11-25-16-6-8-20-17(22-16)21-15-7-9-24(23-15)10-14(18)19/h6-9,12-14H,2-5,10-11H2,1H3,(H,20,21,22,23)/t12-,13-. The molecule has 0 saturated heterocycles. The lowest BCUT2D eigenvalue weighted by atomic mass is 9.83. The van der Waals surface area contributed by atoms with Crippen molar-refractivity contribution in [2.75, 3.05) is 11.9 Å². The second-order valence-electron chi connectivity index (χ2n) is 6.59. The van der Waals surface area contributed by atoms with Crippen LogP contribution in [0.4, 0.5) is 20.5 Å². The molecule has 0 unspecified atom stereocenters. The number of aromatic nitrogens is 4. The van der Waals surface area contributed by atoms with Crippen LogP contribution in [0, 0.1) is 11.8 Å². The fraction of sp³-hybridized carbons (Fsp3) is 0.588. The molecule has 0 atom stereocenters. The summed E-state index contributed by atoms with van der Waals surface area (Å²) in [4.78, 5) is 8.41. The summed E-state index contributed by atoms with van der Waals surface area (Å²) in [5.74, 6) is 2.64. The molecule has 1 aliphatic rings. The van der Waals surface area contributed by atoms with Crippen molar-refractivity contribution in [3.63, 3.8) is 0 Å². The van der Waals surface area contributed by atoms with Crippen LogP contribution in [0.5, 0.6) is 5.88 Å². The minimum absolute atomic E-state index is 0.331. The van der Waals surface area contributed by atoms with Crippen molar-refractivity contribution < 1.29 is 13.5 Å². The van der Waals surface area contributed by atoms with E-state index in [1.807, 2.05) is 0 Å². The van der Waals surface area contributed by atoms with Gasteiger partial charge in [-0.1, -0.05) is 19.8 Å². The second kappa shape index (κ2) is 8.22. The lowest BCUT2D eigenvalue weighted by molar-refractivity contribution is 0.122. The maximum Gasteiger partial charge on any atom is 0.257 e. The van der Waals surface area contributed by atoms with Crippen LogP contribution in [0.2, 0.25) is 0 Å². The maximum atomic E-state index is 12.3. The number of alkyl halides is 2. The lowest BCUT2D eigenvalue weighted by Crippen LogP contribution is -2.19. The molecule has 0 radical (unpaired) electrons. The summed E-state index contributed by atoms with van der Waals surface area (Å²) in [6.45, 7) is 2.51. The number of nitrogens with one attached hydrogen (secondary N) is 1. The number of nitrogens with zero attached hydrogens (tertiary/aromatic N) is 4. The van der Waals surface area contributed by atoms with E-state index < -0.39 is 13.0 Å². The third-order valence-corrected chi connectivity index (χ3v) is 4.44. The highest BCUT2D eigenvalue weighted by atomic mass is 19.3. The molecule has 2 aromatic heterocycles. The normalized spacial score (nSPS) is 20.6. The monoisotopic (exact) mass is 351 g/mol. The lowest BCUT2D eigenvalue weighted by Gasteiger charge is -2.25. The van der Waals surface area contributed by atoms with Crippen molar-refractivity contribution in [1.82, 2.24) is 19.7 Å². The van der Waals surface area contributed by atoms with E-state index in [1.54, 1.807) is 18.3 Å². The van der Waals surface area contributed by atoms with Gasteiger partial charge in [0.25, 0.3) is 6.43 Å². The smallest absolute Gasteiger partial charge is 0.257 e. The SMILES string of the molecule is C[C@H]1CC[C@H](COc2ccnc(Nc3ccn(CC(F)F)n3)n2)CC1. The number of hydrogen-bond acceptors (Lipinski definition) is 5. The molecule has 0 aliphatic heterocycles. The van der Waals surface area contributed by atoms with E-state index in [1.165, 1.54) is 36.6 Å². The molecule has 2 aromatic rings. The van der Waals surface area contributed by atoms with Gasteiger partial charge in [0.15, 0.2) is 5.82 Å². The van der Waals surface area contributed by atoms with Crippen molar-refractivity contribution in [2.24, 2.45) is 11.8 Å². The molecule has 0 spiro atoms. The van der Waals surface area contributed by atoms with Crippen molar-refractivity contribution in [1.29, 1.82) is 0 Å². The van der Waals surface area contributed by atoms with Gasteiger partial charge in [0.1, 0.15) is 6.54 Å². The molecule has 1 aliphatic carbocycles. The summed E-state index contributed by atoms with van der Waals surface area (Å²) in [5.41, 5.74) is 0. The molecule has 25 heavy (non-hydrogen) atoms. The van der Waals surface area contributed by atoms with Crippen LogP contribution in [-0.2, 0) is 6.54 Å². The molecule has 136 valence electrons. The Morgan fingerprint density at radius 3 is 2.84 bits per heavy atom. The summed E-state index contributed by atoms with van der Waals surface area (Å²) in [5, 5.41) is 6.91. The minimum Gasteiger partial charge on any atom is -0.477 e. The maximum absolute atomic E-state index is 12.3. The van der Waals surface area contributed by atoms with Gasteiger partial charge >= 0.3 is 0 Å². The van der Waals surface area contributed by atoms with Gasteiger partial charge in [-0.25, -0.2) is 13.8 Å². The molecule has 2 heterocycles. The molecule has 6 nitrogen and oxygen atoms in total. The van der Waals surface area contributed by atoms with Crippen LogP contribution < -0.4 is 10.1 Å². The summed E-state index contributed by atoms with van der Waals surface area (Å²) in [6.07, 6.45) is 5.54. The highest BCUT2D eigenvalue weighted by Crippen LogP contribution is 2.28. The molecule has 1 fully saturated rings. The van der Waals surface area contributed by atoms with E-state index in [-0.39, 0.29) is 0 Å². The van der Waals surface area contributed by atoms with Crippen molar-refractivity contribution >= 4 is 11.8 Å². The van der Waals surface area contributed by atoms with Crippen molar-refractivity contribution in [2.45, 2.75) is 45.6 Å². The topological polar surface area (TPSA) is 64.9 Å². The number of halogens is 2. The summed E-state index contributed by atoms with van der Waals surface area (Å²) in [6, 6.07) is 3.31. The second-order valence-corrected chi connectivity index (χ2v) is 6.59. The highest BCUT2D eigenvalue weighted by Gasteiger charge is 2.19.